The summed E-state index contributed by atoms with van der Waals surface area (Å²) in [6.07, 6.45) is 1.62. The van der Waals surface area contributed by atoms with Crippen molar-refractivity contribution in [1.29, 1.82) is 0 Å². The van der Waals surface area contributed by atoms with E-state index in [2.05, 4.69) is 0 Å². The lowest BCUT2D eigenvalue weighted by molar-refractivity contribution is 0.332. The van der Waals surface area contributed by atoms with Gasteiger partial charge in [0.1, 0.15) is 5.82 Å². The minimum absolute atomic E-state index is 0.201. The van der Waals surface area contributed by atoms with Crippen molar-refractivity contribution in [3.8, 4) is 5.75 Å². The van der Waals surface area contributed by atoms with E-state index in [-0.39, 0.29) is 23.7 Å². The third-order valence-electron chi connectivity index (χ3n) is 2.58. The molecule has 0 saturated heterocycles. The molecule has 0 unspecified atom stereocenters. The number of hydrogen-bond acceptors (Lipinski definition) is 2. The second kappa shape index (κ2) is 5.49. The van der Waals surface area contributed by atoms with Crippen LogP contribution < -0.4 is 10.3 Å². The number of benzene rings is 1. The number of halogens is 1. The Balaban J connectivity index is 2.33. The third kappa shape index (κ3) is 2.59. The largest absolute Gasteiger partial charge is 0.488 e. The molecule has 0 aliphatic rings. The van der Waals surface area contributed by atoms with Gasteiger partial charge in [0.2, 0.25) is 0 Å². The molecule has 0 atom stereocenters. The van der Waals surface area contributed by atoms with Gasteiger partial charge in [0.25, 0.3) is 5.56 Å². The smallest absolute Gasteiger partial charge is 0.293 e. The lowest BCUT2D eigenvalue weighted by atomic mass is 10.2. The van der Waals surface area contributed by atoms with Crippen LogP contribution in [0, 0.1) is 5.82 Å². The normalized spacial score (nSPS) is 10.3. The summed E-state index contributed by atoms with van der Waals surface area (Å²) < 4.78 is 20.2. The molecule has 18 heavy (non-hydrogen) atoms. The molecule has 1 heterocycles. The lowest BCUT2D eigenvalue weighted by Gasteiger charge is -2.09. The summed E-state index contributed by atoms with van der Waals surface area (Å²) in [5.74, 6) is -0.0254. The molecule has 0 fully saturated rings. The van der Waals surface area contributed by atoms with Gasteiger partial charge in [-0.2, -0.15) is 0 Å². The molecule has 0 saturated carbocycles. The first-order valence-electron chi connectivity index (χ1n) is 5.78. The van der Waals surface area contributed by atoms with Crippen LogP contribution in [-0.2, 0) is 6.54 Å². The Labute approximate surface area is 104 Å². The lowest BCUT2D eigenvalue weighted by Crippen LogP contribution is -2.22. The summed E-state index contributed by atoms with van der Waals surface area (Å²) in [5.41, 5.74) is 0.232. The molecule has 0 radical (unpaired) electrons. The molecule has 3 nitrogen and oxygen atoms in total. The van der Waals surface area contributed by atoms with Crippen molar-refractivity contribution in [2.45, 2.75) is 13.5 Å². The SMILES string of the molecule is CCOc1cccn(Cc2ccccc2F)c1=O. The maximum atomic E-state index is 13.5. The Morgan fingerprint density at radius 3 is 2.72 bits per heavy atom. The van der Waals surface area contributed by atoms with Crippen LogP contribution in [0.4, 0.5) is 4.39 Å². The molecule has 94 valence electrons. The van der Waals surface area contributed by atoms with Crippen LogP contribution in [0.3, 0.4) is 0 Å². The molecule has 0 bridgehead atoms. The molecule has 0 aliphatic heterocycles. The zero-order valence-electron chi connectivity index (χ0n) is 10.1. The molecule has 0 spiro atoms. The Morgan fingerprint density at radius 2 is 2.00 bits per heavy atom. The topological polar surface area (TPSA) is 31.2 Å². The van der Waals surface area contributed by atoms with E-state index in [0.717, 1.165) is 0 Å². The molecule has 0 aliphatic carbocycles. The van der Waals surface area contributed by atoms with Gasteiger partial charge in [0.05, 0.1) is 13.2 Å². The van der Waals surface area contributed by atoms with E-state index >= 15 is 0 Å². The molecule has 0 N–H and O–H groups in total. The predicted octanol–water partition coefficient (Wildman–Crippen LogP) is 2.43. The average molecular weight is 247 g/mol. The zero-order chi connectivity index (χ0) is 13.0. The van der Waals surface area contributed by atoms with Crippen molar-refractivity contribution in [2.75, 3.05) is 6.61 Å². The van der Waals surface area contributed by atoms with Crippen LogP contribution in [0.1, 0.15) is 12.5 Å². The molecule has 2 aromatic rings. The number of pyridine rings is 1. The Hall–Kier alpha value is -2.10. The highest BCUT2D eigenvalue weighted by Gasteiger charge is 2.06. The van der Waals surface area contributed by atoms with Gasteiger partial charge in [-0.15, -0.1) is 0 Å². The second-order valence-electron chi connectivity index (χ2n) is 3.83. The van der Waals surface area contributed by atoms with Crippen LogP contribution >= 0.6 is 0 Å². The Morgan fingerprint density at radius 1 is 1.22 bits per heavy atom. The summed E-state index contributed by atoms with van der Waals surface area (Å²) in [6.45, 7) is 2.44. The molecule has 4 heteroatoms. The van der Waals surface area contributed by atoms with E-state index in [1.165, 1.54) is 10.6 Å². The monoisotopic (exact) mass is 247 g/mol. The fourth-order valence-electron chi connectivity index (χ4n) is 1.71. The van der Waals surface area contributed by atoms with Gasteiger partial charge in [0, 0.05) is 11.8 Å². The first kappa shape index (κ1) is 12.4. The number of aromatic nitrogens is 1. The van der Waals surface area contributed by atoms with Gasteiger partial charge in [-0.05, 0) is 25.1 Å². The van der Waals surface area contributed by atoms with Gasteiger partial charge in [-0.25, -0.2) is 4.39 Å². The van der Waals surface area contributed by atoms with Gasteiger partial charge in [-0.1, -0.05) is 18.2 Å². The molecule has 1 aromatic heterocycles. The van der Waals surface area contributed by atoms with Gasteiger partial charge in [-0.3, -0.25) is 4.79 Å². The molecule has 1 aromatic carbocycles. The van der Waals surface area contributed by atoms with Crippen LogP contribution in [0.25, 0.3) is 0 Å². The molecular weight excluding hydrogens is 233 g/mol. The number of rotatable bonds is 4. The van der Waals surface area contributed by atoms with E-state index in [1.54, 1.807) is 36.5 Å². The van der Waals surface area contributed by atoms with Crippen LogP contribution in [-0.4, -0.2) is 11.2 Å². The maximum Gasteiger partial charge on any atom is 0.293 e. The zero-order valence-corrected chi connectivity index (χ0v) is 10.1. The fourth-order valence-corrected chi connectivity index (χ4v) is 1.71. The first-order chi connectivity index (χ1) is 8.72. The van der Waals surface area contributed by atoms with E-state index < -0.39 is 0 Å². The van der Waals surface area contributed by atoms with E-state index in [9.17, 15) is 9.18 Å². The van der Waals surface area contributed by atoms with Gasteiger partial charge >= 0.3 is 0 Å². The van der Waals surface area contributed by atoms with Crippen molar-refractivity contribution in [3.05, 3.63) is 64.3 Å². The summed E-state index contributed by atoms with van der Waals surface area (Å²) in [7, 11) is 0. The number of hydrogen-bond donors (Lipinski definition) is 0. The van der Waals surface area contributed by atoms with Crippen molar-refractivity contribution in [3.63, 3.8) is 0 Å². The summed E-state index contributed by atoms with van der Waals surface area (Å²) in [5, 5.41) is 0. The second-order valence-corrected chi connectivity index (χ2v) is 3.83. The standard InChI is InChI=1S/C14H14FNO2/c1-2-18-13-8-5-9-16(14(13)17)10-11-6-3-4-7-12(11)15/h3-9H,2,10H2,1H3. The average Bonchev–Trinajstić information content (AvgIpc) is 2.37. The predicted molar refractivity (Wildman–Crippen MR) is 67.4 cm³/mol. The van der Waals surface area contributed by atoms with E-state index in [4.69, 9.17) is 4.74 Å². The van der Waals surface area contributed by atoms with Crippen molar-refractivity contribution in [1.82, 2.24) is 4.57 Å². The van der Waals surface area contributed by atoms with E-state index in [1.807, 2.05) is 6.92 Å². The van der Waals surface area contributed by atoms with Crippen LogP contribution in [0.2, 0.25) is 0 Å². The van der Waals surface area contributed by atoms with Crippen LogP contribution in [0.15, 0.2) is 47.4 Å². The third-order valence-corrected chi connectivity index (χ3v) is 2.58. The first-order valence-corrected chi connectivity index (χ1v) is 5.78. The van der Waals surface area contributed by atoms with E-state index in [0.29, 0.717) is 12.2 Å². The maximum absolute atomic E-state index is 13.5. The molecular formula is C14H14FNO2. The highest BCUT2D eigenvalue weighted by Crippen LogP contribution is 2.09. The van der Waals surface area contributed by atoms with Crippen LogP contribution in [0.5, 0.6) is 5.75 Å². The minimum Gasteiger partial charge on any atom is -0.488 e. The minimum atomic E-state index is -0.314. The van der Waals surface area contributed by atoms with Gasteiger partial charge < -0.3 is 9.30 Å². The highest BCUT2D eigenvalue weighted by atomic mass is 19.1. The van der Waals surface area contributed by atoms with Gasteiger partial charge in [0.15, 0.2) is 5.75 Å². The highest BCUT2D eigenvalue weighted by molar-refractivity contribution is 5.21. The molecule has 2 rings (SSSR count). The quantitative estimate of drug-likeness (QED) is 0.831. The summed E-state index contributed by atoms with van der Waals surface area (Å²) >= 11 is 0. The Bertz CT molecular complexity index is 592. The Kier molecular flexibility index (Phi) is 3.77. The molecule has 0 amide bonds. The fraction of sp³-hybridized carbons (Fsp3) is 0.214. The number of ether oxygens (including phenoxy) is 1. The summed E-state index contributed by atoms with van der Waals surface area (Å²) in [4.78, 5) is 12.0. The number of nitrogens with zero attached hydrogens (tertiary/aromatic N) is 1. The van der Waals surface area contributed by atoms with Crippen molar-refractivity contribution in [2.24, 2.45) is 0 Å². The van der Waals surface area contributed by atoms with Crippen molar-refractivity contribution < 1.29 is 9.13 Å². The summed E-state index contributed by atoms with van der Waals surface area (Å²) in [6, 6.07) is 9.74. The van der Waals surface area contributed by atoms with Crippen molar-refractivity contribution >= 4 is 0 Å².